The van der Waals surface area contributed by atoms with Gasteiger partial charge >= 0.3 is 5.97 Å². The Morgan fingerprint density at radius 1 is 1.17 bits per heavy atom. The molecule has 7 heteroatoms. The fourth-order valence-electron chi connectivity index (χ4n) is 1.97. The Kier molecular flexibility index (Phi) is 4.16. The molecule has 0 spiro atoms. The first-order chi connectivity index (χ1) is 11.1. The average Bonchev–Trinajstić information content (AvgIpc) is 2.58. The van der Waals surface area contributed by atoms with Crippen LogP contribution < -0.4 is 5.32 Å². The molecule has 114 valence electrons. The number of pyridine rings is 1. The Labute approximate surface area is 136 Å². The van der Waals surface area contributed by atoms with Crippen molar-refractivity contribution < 1.29 is 9.90 Å². The van der Waals surface area contributed by atoms with Crippen molar-refractivity contribution in [2.75, 3.05) is 5.32 Å². The van der Waals surface area contributed by atoms with Crippen LogP contribution in [0.2, 0.25) is 5.02 Å². The maximum atomic E-state index is 11.0. The molecule has 0 aliphatic heterocycles. The second-order valence-corrected chi connectivity index (χ2v) is 5.04. The maximum Gasteiger partial charge on any atom is 0.335 e. The van der Waals surface area contributed by atoms with Gasteiger partial charge in [0.2, 0.25) is 5.95 Å². The lowest BCUT2D eigenvalue weighted by atomic mass is 10.2. The minimum atomic E-state index is -1.03. The minimum absolute atomic E-state index is 0.125. The van der Waals surface area contributed by atoms with E-state index in [4.69, 9.17) is 16.7 Å². The van der Waals surface area contributed by atoms with Crippen LogP contribution in [0, 0.1) is 0 Å². The number of aromatic nitrogens is 3. The molecule has 3 aromatic rings. The number of benzene rings is 1. The fourth-order valence-corrected chi connectivity index (χ4v) is 2.13. The zero-order valence-electron chi connectivity index (χ0n) is 11.8. The van der Waals surface area contributed by atoms with E-state index in [1.807, 2.05) is 12.1 Å². The summed E-state index contributed by atoms with van der Waals surface area (Å²) in [7, 11) is 0. The summed E-state index contributed by atoms with van der Waals surface area (Å²) < 4.78 is 0. The van der Waals surface area contributed by atoms with Gasteiger partial charge in [-0.3, -0.25) is 4.98 Å². The van der Waals surface area contributed by atoms with E-state index < -0.39 is 5.97 Å². The number of halogens is 1. The molecule has 1 aromatic carbocycles. The molecule has 0 amide bonds. The highest BCUT2D eigenvalue weighted by Gasteiger charge is 2.09. The standard InChI is InChI=1S/C16H11ClN4O2/c17-12-4-3-10(15(22)23)8-14(12)21-16-19-7-5-13(20-16)11-2-1-6-18-9-11/h1-9H,(H,22,23)(H,19,20,21). The predicted molar refractivity (Wildman–Crippen MR) is 87.0 cm³/mol. The topological polar surface area (TPSA) is 88.0 Å². The van der Waals surface area contributed by atoms with E-state index in [2.05, 4.69) is 20.3 Å². The molecule has 23 heavy (non-hydrogen) atoms. The van der Waals surface area contributed by atoms with Gasteiger partial charge in [0.15, 0.2) is 0 Å². The number of anilines is 2. The van der Waals surface area contributed by atoms with Crippen molar-refractivity contribution in [3.05, 3.63) is 65.6 Å². The second-order valence-electron chi connectivity index (χ2n) is 4.63. The Balaban J connectivity index is 1.92. The molecule has 0 fully saturated rings. The lowest BCUT2D eigenvalue weighted by Gasteiger charge is -2.09. The summed E-state index contributed by atoms with van der Waals surface area (Å²) >= 11 is 6.09. The normalized spacial score (nSPS) is 10.3. The zero-order chi connectivity index (χ0) is 16.2. The number of nitrogens with one attached hydrogen (secondary N) is 1. The summed E-state index contributed by atoms with van der Waals surface area (Å²) in [5, 5.41) is 12.4. The number of aromatic carboxylic acids is 1. The number of carboxylic acid groups (broad SMARTS) is 1. The van der Waals surface area contributed by atoms with Crippen molar-refractivity contribution in [1.29, 1.82) is 0 Å². The predicted octanol–water partition coefficient (Wildman–Crippen LogP) is 3.63. The Morgan fingerprint density at radius 3 is 2.78 bits per heavy atom. The van der Waals surface area contributed by atoms with Crippen LogP contribution in [0.1, 0.15) is 10.4 Å². The van der Waals surface area contributed by atoms with Crippen LogP contribution in [0.5, 0.6) is 0 Å². The third kappa shape index (κ3) is 3.44. The van der Waals surface area contributed by atoms with E-state index in [1.54, 1.807) is 24.7 Å². The van der Waals surface area contributed by atoms with Crippen LogP contribution in [0.15, 0.2) is 55.0 Å². The van der Waals surface area contributed by atoms with Gasteiger partial charge in [0.05, 0.1) is 22.0 Å². The van der Waals surface area contributed by atoms with Gasteiger partial charge < -0.3 is 10.4 Å². The lowest BCUT2D eigenvalue weighted by molar-refractivity contribution is 0.0697. The van der Waals surface area contributed by atoms with Gasteiger partial charge in [0, 0.05) is 24.2 Å². The molecule has 0 aliphatic rings. The first-order valence-electron chi connectivity index (χ1n) is 6.67. The van der Waals surface area contributed by atoms with Crippen molar-refractivity contribution in [3.63, 3.8) is 0 Å². The van der Waals surface area contributed by atoms with Crippen LogP contribution in [-0.4, -0.2) is 26.0 Å². The summed E-state index contributed by atoms with van der Waals surface area (Å²) in [5.74, 6) is -0.717. The van der Waals surface area contributed by atoms with E-state index in [9.17, 15) is 4.79 Å². The SMILES string of the molecule is O=C(O)c1ccc(Cl)c(Nc2nccc(-c3cccnc3)n2)c1. The molecular weight excluding hydrogens is 316 g/mol. The lowest BCUT2D eigenvalue weighted by Crippen LogP contribution is -2.01. The van der Waals surface area contributed by atoms with Gasteiger partial charge in [-0.2, -0.15) is 0 Å². The number of hydrogen-bond acceptors (Lipinski definition) is 5. The van der Waals surface area contributed by atoms with Crippen LogP contribution in [0.25, 0.3) is 11.3 Å². The molecule has 0 aliphatic carbocycles. The van der Waals surface area contributed by atoms with Crippen molar-refractivity contribution in [2.24, 2.45) is 0 Å². The summed E-state index contributed by atoms with van der Waals surface area (Å²) in [6.07, 6.45) is 4.98. The monoisotopic (exact) mass is 326 g/mol. The zero-order valence-corrected chi connectivity index (χ0v) is 12.5. The fraction of sp³-hybridized carbons (Fsp3) is 0. The smallest absolute Gasteiger partial charge is 0.335 e. The first kappa shape index (κ1) is 14.9. The molecule has 3 rings (SSSR count). The molecule has 6 nitrogen and oxygen atoms in total. The molecule has 0 saturated carbocycles. The number of nitrogens with zero attached hydrogens (tertiary/aromatic N) is 3. The van der Waals surface area contributed by atoms with Crippen LogP contribution in [0.4, 0.5) is 11.6 Å². The van der Waals surface area contributed by atoms with Gasteiger partial charge in [-0.05, 0) is 36.4 Å². The average molecular weight is 327 g/mol. The quantitative estimate of drug-likeness (QED) is 0.761. The Morgan fingerprint density at radius 2 is 2.04 bits per heavy atom. The molecule has 0 bridgehead atoms. The van der Waals surface area contributed by atoms with Gasteiger partial charge in [-0.1, -0.05) is 11.6 Å². The summed E-state index contributed by atoms with van der Waals surface area (Å²) in [4.78, 5) is 23.6. The molecule has 0 atom stereocenters. The van der Waals surface area contributed by atoms with Crippen molar-refractivity contribution >= 4 is 29.2 Å². The van der Waals surface area contributed by atoms with E-state index in [0.717, 1.165) is 5.56 Å². The molecule has 2 heterocycles. The van der Waals surface area contributed by atoms with Gasteiger partial charge in [0.25, 0.3) is 0 Å². The van der Waals surface area contributed by atoms with Crippen LogP contribution in [-0.2, 0) is 0 Å². The third-order valence-corrected chi connectivity index (χ3v) is 3.40. The highest BCUT2D eigenvalue weighted by atomic mass is 35.5. The highest BCUT2D eigenvalue weighted by molar-refractivity contribution is 6.33. The molecule has 2 N–H and O–H groups in total. The van der Waals surface area contributed by atoms with E-state index in [0.29, 0.717) is 22.4 Å². The van der Waals surface area contributed by atoms with E-state index >= 15 is 0 Å². The van der Waals surface area contributed by atoms with E-state index in [1.165, 1.54) is 18.2 Å². The number of carboxylic acids is 1. The Hall–Kier alpha value is -2.99. The summed E-state index contributed by atoms with van der Waals surface area (Å²) in [6, 6.07) is 9.85. The van der Waals surface area contributed by atoms with Crippen LogP contribution >= 0.6 is 11.6 Å². The van der Waals surface area contributed by atoms with Crippen LogP contribution in [0.3, 0.4) is 0 Å². The molecular formula is C16H11ClN4O2. The van der Waals surface area contributed by atoms with E-state index in [-0.39, 0.29) is 5.56 Å². The Bertz CT molecular complexity index is 856. The number of rotatable bonds is 4. The van der Waals surface area contributed by atoms with Crippen molar-refractivity contribution in [2.45, 2.75) is 0 Å². The molecule has 2 aromatic heterocycles. The molecule has 0 radical (unpaired) electrons. The van der Waals surface area contributed by atoms with Crippen molar-refractivity contribution in [3.8, 4) is 11.3 Å². The minimum Gasteiger partial charge on any atom is -0.478 e. The van der Waals surface area contributed by atoms with Gasteiger partial charge in [0.1, 0.15) is 0 Å². The summed E-state index contributed by atoms with van der Waals surface area (Å²) in [6.45, 7) is 0. The summed E-state index contributed by atoms with van der Waals surface area (Å²) in [5.41, 5.74) is 2.10. The van der Waals surface area contributed by atoms with Crippen molar-refractivity contribution in [1.82, 2.24) is 15.0 Å². The van der Waals surface area contributed by atoms with Gasteiger partial charge in [-0.15, -0.1) is 0 Å². The largest absolute Gasteiger partial charge is 0.478 e. The maximum absolute atomic E-state index is 11.0. The molecule has 0 saturated heterocycles. The third-order valence-electron chi connectivity index (χ3n) is 3.07. The van der Waals surface area contributed by atoms with Gasteiger partial charge in [-0.25, -0.2) is 14.8 Å². The number of hydrogen-bond donors (Lipinski definition) is 2. The second kappa shape index (κ2) is 6.41. The number of carbonyl (C=O) groups is 1. The first-order valence-corrected chi connectivity index (χ1v) is 7.04. The highest BCUT2D eigenvalue weighted by Crippen LogP contribution is 2.26. The molecule has 0 unspecified atom stereocenters.